The third-order valence-electron chi connectivity index (χ3n) is 2.21. The van der Waals surface area contributed by atoms with E-state index in [-0.39, 0.29) is 0 Å². The van der Waals surface area contributed by atoms with Gasteiger partial charge in [-0.1, -0.05) is 31.5 Å². The fraction of sp³-hybridized carbons (Fsp3) is 0.400. The number of nitrogens with two attached hydrogens (primary N) is 1. The van der Waals surface area contributed by atoms with E-state index in [9.17, 15) is 0 Å². The van der Waals surface area contributed by atoms with Gasteiger partial charge in [-0.05, 0) is 30.0 Å². The van der Waals surface area contributed by atoms with Gasteiger partial charge in [0.05, 0.1) is 10.7 Å². The molecule has 0 aliphatic carbocycles. The topological polar surface area (TPSA) is 26.0 Å². The highest BCUT2D eigenvalue weighted by Gasteiger charge is 2.04. The zero-order chi connectivity index (χ0) is 9.14. The van der Waals surface area contributed by atoms with Crippen LogP contribution in [0.3, 0.4) is 0 Å². The number of halogens is 1. The highest BCUT2D eigenvalue weighted by Crippen LogP contribution is 2.25. The smallest absolute Gasteiger partial charge is 0.0638 e. The summed E-state index contributed by atoms with van der Waals surface area (Å²) in [5.74, 6) is 0.558. The summed E-state index contributed by atoms with van der Waals surface area (Å²) in [5, 5.41) is 0.660. The van der Waals surface area contributed by atoms with Gasteiger partial charge in [0.15, 0.2) is 0 Å². The summed E-state index contributed by atoms with van der Waals surface area (Å²) in [5.41, 5.74) is 7.52. The van der Waals surface area contributed by atoms with E-state index in [1.165, 1.54) is 5.56 Å². The Balaban J connectivity index is 2.96. The molecule has 12 heavy (non-hydrogen) atoms. The van der Waals surface area contributed by atoms with Crippen molar-refractivity contribution in [3.63, 3.8) is 0 Å². The van der Waals surface area contributed by atoms with Crippen LogP contribution in [0.15, 0.2) is 18.2 Å². The molecule has 0 heterocycles. The van der Waals surface area contributed by atoms with Crippen molar-refractivity contribution >= 4 is 17.3 Å². The lowest BCUT2D eigenvalue weighted by molar-refractivity contribution is 0.734. The summed E-state index contributed by atoms with van der Waals surface area (Å²) in [6.07, 6.45) is 1.13. The molecule has 0 saturated heterocycles. The maximum Gasteiger partial charge on any atom is 0.0638 e. The molecule has 2 heteroatoms. The summed E-state index contributed by atoms with van der Waals surface area (Å²) in [6, 6.07) is 5.85. The van der Waals surface area contributed by atoms with Gasteiger partial charge in [-0.15, -0.1) is 0 Å². The molecule has 2 N–H and O–H groups in total. The number of hydrogen-bond donors (Lipinski definition) is 1. The number of hydrogen-bond acceptors (Lipinski definition) is 1. The lowest BCUT2D eigenvalue weighted by Gasteiger charge is -2.09. The van der Waals surface area contributed by atoms with Crippen molar-refractivity contribution in [1.82, 2.24) is 0 Å². The summed E-state index contributed by atoms with van der Waals surface area (Å²) in [4.78, 5) is 0. The minimum absolute atomic E-state index is 0.558. The molecular formula is C10H14ClN. The molecule has 0 aliphatic rings. The van der Waals surface area contributed by atoms with Crippen molar-refractivity contribution in [2.45, 2.75) is 26.2 Å². The highest BCUT2D eigenvalue weighted by molar-refractivity contribution is 6.33. The van der Waals surface area contributed by atoms with Gasteiger partial charge in [-0.2, -0.15) is 0 Å². The van der Waals surface area contributed by atoms with Crippen molar-refractivity contribution in [2.24, 2.45) is 0 Å². The van der Waals surface area contributed by atoms with Gasteiger partial charge in [-0.25, -0.2) is 0 Å². The Morgan fingerprint density at radius 1 is 1.50 bits per heavy atom. The van der Waals surface area contributed by atoms with Crippen molar-refractivity contribution < 1.29 is 0 Å². The summed E-state index contributed by atoms with van der Waals surface area (Å²) in [6.45, 7) is 4.34. The van der Waals surface area contributed by atoms with Crippen molar-refractivity contribution in [2.75, 3.05) is 5.73 Å². The standard InChI is InChI=1S/C10H14ClN/c1-3-7(2)8-4-5-10(12)9(11)6-8/h4-7H,3,12H2,1-2H3. The van der Waals surface area contributed by atoms with E-state index in [0.717, 1.165) is 6.42 Å². The molecule has 1 atom stereocenters. The molecule has 1 aromatic rings. The number of benzene rings is 1. The molecule has 0 radical (unpaired) electrons. The first-order valence-electron chi connectivity index (χ1n) is 4.20. The minimum atomic E-state index is 0.558. The largest absolute Gasteiger partial charge is 0.398 e. The van der Waals surface area contributed by atoms with Gasteiger partial charge in [0.25, 0.3) is 0 Å². The maximum atomic E-state index is 5.89. The SMILES string of the molecule is CCC(C)c1ccc(N)c(Cl)c1. The lowest BCUT2D eigenvalue weighted by atomic mass is 9.99. The molecule has 1 unspecified atom stereocenters. The fourth-order valence-corrected chi connectivity index (χ4v) is 1.27. The first-order chi connectivity index (χ1) is 5.65. The molecular weight excluding hydrogens is 170 g/mol. The molecule has 0 fully saturated rings. The average molecular weight is 184 g/mol. The van der Waals surface area contributed by atoms with E-state index in [1.54, 1.807) is 0 Å². The second-order valence-electron chi connectivity index (χ2n) is 3.09. The third-order valence-corrected chi connectivity index (χ3v) is 2.53. The summed E-state index contributed by atoms with van der Waals surface area (Å²) in [7, 11) is 0. The fourth-order valence-electron chi connectivity index (χ4n) is 1.09. The highest BCUT2D eigenvalue weighted by atomic mass is 35.5. The van der Waals surface area contributed by atoms with Crippen molar-refractivity contribution in [3.8, 4) is 0 Å². The van der Waals surface area contributed by atoms with Gasteiger partial charge in [0.2, 0.25) is 0 Å². The number of nitrogen functional groups attached to an aromatic ring is 1. The van der Waals surface area contributed by atoms with Crippen LogP contribution in [-0.2, 0) is 0 Å². The summed E-state index contributed by atoms with van der Waals surface area (Å²) < 4.78 is 0. The van der Waals surface area contributed by atoms with Crippen LogP contribution in [0.2, 0.25) is 5.02 Å². The monoisotopic (exact) mass is 183 g/mol. The van der Waals surface area contributed by atoms with Gasteiger partial charge >= 0.3 is 0 Å². The van der Waals surface area contributed by atoms with Crippen LogP contribution in [0.5, 0.6) is 0 Å². The average Bonchev–Trinajstić information content (AvgIpc) is 2.08. The van der Waals surface area contributed by atoms with Crippen molar-refractivity contribution in [1.29, 1.82) is 0 Å². The maximum absolute atomic E-state index is 5.89. The van der Waals surface area contributed by atoms with Gasteiger partial charge < -0.3 is 5.73 Å². The van der Waals surface area contributed by atoms with E-state index in [4.69, 9.17) is 17.3 Å². The molecule has 1 nitrogen and oxygen atoms in total. The zero-order valence-electron chi connectivity index (χ0n) is 7.47. The van der Waals surface area contributed by atoms with E-state index >= 15 is 0 Å². The Kier molecular flexibility index (Phi) is 2.99. The first kappa shape index (κ1) is 9.40. The van der Waals surface area contributed by atoms with E-state index in [0.29, 0.717) is 16.6 Å². The molecule has 0 spiro atoms. The molecule has 66 valence electrons. The molecule has 0 bridgehead atoms. The summed E-state index contributed by atoms with van der Waals surface area (Å²) >= 11 is 5.89. The molecule has 1 aromatic carbocycles. The zero-order valence-corrected chi connectivity index (χ0v) is 8.23. The second kappa shape index (κ2) is 3.81. The number of anilines is 1. The quantitative estimate of drug-likeness (QED) is 0.699. The van der Waals surface area contributed by atoms with Crippen LogP contribution in [0.1, 0.15) is 31.7 Å². The van der Waals surface area contributed by atoms with Crippen LogP contribution in [-0.4, -0.2) is 0 Å². The van der Waals surface area contributed by atoms with Crippen LogP contribution >= 0.6 is 11.6 Å². The van der Waals surface area contributed by atoms with Crippen LogP contribution in [0.4, 0.5) is 5.69 Å². The van der Waals surface area contributed by atoms with Gasteiger partial charge in [0.1, 0.15) is 0 Å². The Hall–Kier alpha value is -0.690. The number of rotatable bonds is 2. The van der Waals surface area contributed by atoms with Crippen LogP contribution < -0.4 is 5.73 Å². The van der Waals surface area contributed by atoms with E-state index in [2.05, 4.69) is 13.8 Å². The Morgan fingerprint density at radius 2 is 2.17 bits per heavy atom. The van der Waals surface area contributed by atoms with Crippen LogP contribution in [0, 0.1) is 0 Å². The Bertz CT molecular complexity index is 271. The predicted octanol–water partition coefficient (Wildman–Crippen LogP) is 3.44. The van der Waals surface area contributed by atoms with Crippen molar-refractivity contribution in [3.05, 3.63) is 28.8 Å². The van der Waals surface area contributed by atoms with E-state index in [1.807, 2.05) is 18.2 Å². The lowest BCUT2D eigenvalue weighted by Crippen LogP contribution is -1.93. The van der Waals surface area contributed by atoms with Gasteiger partial charge in [0, 0.05) is 0 Å². The normalized spacial score (nSPS) is 12.9. The second-order valence-corrected chi connectivity index (χ2v) is 3.50. The minimum Gasteiger partial charge on any atom is -0.398 e. The first-order valence-corrected chi connectivity index (χ1v) is 4.58. The predicted molar refractivity (Wildman–Crippen MR) is 54.6 cm³/mol. The van der Waals surface area contributed by atoms with Crippen LogP contribution in [0.25, 0.3) is 0 Å². The van der Waals surface area contributed by atoms with E-state index < -0.39 is 0 Å². The molecule has 0 saturated carbocycles. The molecule has 1 rings (SSSR count). The molecule has 0 amide bonds. The third kappa shape index (κ3) is 1.92. The Morgan fingerprint density at radius 3 is 2.67 bits per heavy atom. The van der Waals surface area contributed by atoms with Gasteiger partial charge in [-0.3, -0.25) is 0 Å². The molecule has 0 aromatic heterocycles. The Labute approximate surface area is 78.5 Å². The molecule has 0 aliphatic heterocycles.